The number of thioether (sulfide) groups is 1. The predicted molar refractivity (Wildman–Crippen MR) is 96.6 cm³/mol. The lowest BCUT2D eigenvalue weighted by molar-refractivity contribution is -0.115. The average molecular weight is 368 g/mol. The Labute approximate surface area is 154 Å². The summed E-state index contributed by atoms with van der Waals surface area (Å²) in [4.78, 5) is 11.2. The Balaban J connectivity index is 1.71. The third kappa shape index (κ3) is 3.23. The van der Waals surface area contributed by atoms with E-state index in [1.54, 1.807) is 0 Å². The molecule has 0 saturated carbocycles. The minimum atomic E-state index is -0.416. The number of amides is 1. The zero-order valence-electron chi connectivity index (χ0n) is 13.7. The number of nitrogens with zero attached hydrogens (tertiary/aromatic N) is 3. The van der Waals surface area contributed by atoms with Gasteiger partial charge in [-0.15, -0.1) is 10.2 Å². The van der Waals surface area contributed by atoms with E-state index < -0.39 is 12.0 Å². The molecular weight excluding hydrogens is 352 g/mol. The molecule has 0 spiro atoms. The van der Waals surface area contributed by atoms with Gasteiger partial charge in [0.05, 0.1) is 5.75 Å². The first-order valence-corrected chi connectivity index (χ1v) is 9.01. The van der Waals surface area contributed by atoms with Crippen LogP contribution in [0.25, 0.3) is 5.69 Å². The molecule has 0 aliphatic carbocycles. The van der Waals surface area contributed by atoms with Gasteiger partial charge in [0.15, 0.2) is 28.6 Å². The molecule has 4 rings (SSSR count). The lowest BCUT2D eigenvalue weighted by Crippen LogP contribution is -2.24. The van der Waals surface area contributed by atoms with Crippen LogP contribution in [0.1, 0.15) is 11.9 Å². The van der Waals surface area contributed by atoms with Crippen LogP contribution in [0.5, 0.6) is 11.5 Å². The van der Waals surface area contributed by atoms with Crippen molar-refractivity contribution in [3.05, 3.63) is 60.4 Å². The quantitative estimate of drug-likeness (QED) is 0.695. The highest BCUT2D eigenvalue weighted by Crippen LogP contribution is 2.36. The van der Waals surface area contributed by atoms with Crippen LogP contribution < -0.4 is 15.2 Å². The van der Waals surface area contributed by atoms with Crippen LogP contribution in [-0.4, -0.2) is 33.0 Å². The Hall–Kier alpha value is -3.00. The Morgan fingerprint density at radius 3 is 2.62 bits per heavy atom. The molecule has 132 valence electrons. The third-order valence-corrected chi connectivity index (χ3v) is 4.76. The fraction of sp³-hybridized carbons (Fsp3) is 0.167. The van der Waals surface area contributed by atoms with Gasteiger partial charge in [0, 0.05) is 5.69 Å². The van der Waals surface area contributed by atoms with Crippen LogP contribution >= 0.6 is 11.8 Å². The number of carbonyl (C=O) groups excluding carboxylic acids is 1. The van der Waals surface area contributed by atoms with Gasteiger partial charge in [-0.1, -0.05) is 42.1 Å². The van der Waals surface area contributed by atoms with Crippen molar-refractivity contribution < 1.29 is 14.3 Å². The molecule has 1 aromatic heterocycles. The normalized spacial score (nSPS) is 15.6. The highest BCUT2D eigenvalue weighted by Gasteiger charge is 2.29. The van der Waals surface area contributed by atoms with Gasteiger partial charge in [0.2, 0.25) is 5.91 Å². The SMILES string of the molecule is NC(=O)CSc1nnc(C2COc3ccccc3O2)n1-c1ccccc1. The van der Waals surface area contributed by atoms with Crippen molar-refractivity contribution in [2.45, 2.75) is 11.3 Å². The second-order valence-corrected chi connectivity index (χ2v) is 6.57. The van der Waals surface area contributed by atoms with E-state index in [0.29, 0.717) is 29.1 Å². The summed E-state index contributed by atoms with van der Waals surface area (Å²) in [7, 11) is 0. The molecular formula is C18H16N4O3S. The summed E-state index contributed by atoms with van der Waals surface area (Å²) < 4.78 is 13.7. The molecule has 1 aliphatic heterocycles. The van der Waals surface area contributed by atoms with E-state index in [1.165, 1.54) is 11.8 Å². The Morgan fingerprint density at radius 1 is 1.12 bits per heavy atom. The van der Waals surface area contributed by atoms with Gasteiger partial charge < -0.3 is 15.2 Å². The van der Waals surface area contributed by atoms with Crippen molar-refractivity contribution in [1.82, 2.24) is 14.8 Å². The first-order chi connectivity index (χ1) is 12.7. The van der Waals surface area contributed by atoms with Gasteiger partial charge in [0.25, 0.3) is 0 Å². The third-order valence-electron chi connectivity index (χ3n) is 3.81. The molecule has 2 aromatic carbocycles. The number of primary amides is 1. The summed E-state index contributed by atoms with van der Waals surface area (Å²) in [6.07, 6.45) is -0.416. The Kier molecular flexibility index (Phi) is 4.49. The number of hydrogen-bond acceptors (Lipinski definition) is 6. The number of aromatic nitrogens is 3. The Morgan fingerprint density at radius 2 is 1.85 bits per heavy atom. The van der Waals surface area contributed by atoms with Crippen LogP contribution in [0.4, 0.5) is 0 Å². The van der Waals surface area contributed by atoms with Crippen molar-refractivity contribution in [1.29, 1.82) is 0 Å². The molecule has 8 heteroatoms. The van der Waals surface area contributed by atoms with Gasteiger partial charge in [0.1, 0.15) is 6.61 Å². The van der Waals surface area contributed by atoms with Crippen LogP contribution in [0.2, 0.25) is 0 Å². The standard InChI is InChI=1S/C18H16N4O3S/c19-16(23)11-26-18-21-20-17(22(18)12-6-2-1-3-7-12)15-10-24-13-8-4-5-9-14(13)25-15/h1-9,15H,10-11H2,(H2,19,23). The summed E-state index contributed by atoms with van der Waals surface area (Å²) in [5.41, 5.74) is 6.15. The fourth-order valence-corrected chi connectivity index (χ4v) is 3.38. The molecule has 26 heavy (non-hydrogen) atoms. The van der Waals surface area contributed by atoms with E-state index in [9.17, 15) is 4.79 Å². The topological polar surface area (TPSA) is 92.3 Å². The molecule has 0 fully saturated rings. The van der Waals surface area contributed by atoms with Crippen molar-refractivity contribution in [3.63, 3.8) is 0 Å². The van der Waals surface area contributed by atoms with E-state index in [4.69, 9.17) is 15.2 Å². The molecule has 1 aliphatic rings. The van der Waals surface area contributed by atoms with Crippen LogP contribution in [0.3, 0.4) is 0 Å². The lowest BCUT2D eigenvalue weighted by atomic mass is 10.2. The van der Waals surface area contributed by atoms with Gasteiger partial charge in [-0.05, 0) is 24.3 Å². The molecule has 1 unspecified atom stereocenters. The molecule has 7 nitrogen and oxygen atoms in total. The zero-order chi connectivity index (χ0) is 17.9. The molecule has 1 amide bonds. The Bertz CT molecular complexity index is 929. The number of hydrogen-bond donors (Lipinski definition) is 1. The first kappa shape index (κ1) is 16.5. The second-order valence-electron chi connectivity index (χ2n) is 5.63. The maximum absolute atomic E-state index is 11.2. The number of nitrogens with two attached hydrogens (primary N) is 1. The van der Waals surface area contributed by atoms with Crippen molar-refractivity contribution in [2.24, 2.45) is 5.73 Å². The maximum Gasteiger partial charge on any atom is 0.227 e. The number of fused-ring (bicyclic) bond motifs is 1. The summed E-state index contributed by atoms with van der Waals surface area (Å²) in [6, 6.07) is 17.2. The van der Waals surface area contributed by atoms with E-state index >= 15 is 0 Å². The van der Waals surface area contributed by atoms with Crippen LogP contribution in [0.15, 0.2) is 59.8 Å². The highest BCUT2D eigenvalue weighted by atomic mass is 32.2. The summed E-state index contributed by atoms with van der Waals surface area (Å²) in [6.45, 7) is 0.322. The number of benzene rings is 2. The van der Waals surface area contributed by atoms with E-state index in [1.807, 2.05) is 59.2 Å². The first-order valence-electron chi connectivity index (χ1n) is 8.02. The summed E-state index contributed by atoms with van der Waals surface area (Å²) in [5.74, 6) is 1.69. The molecule has 0 bridgehead atoms. The summed E-state index contributed by atoms with van der Waals surface area (Å²) >= 11 is 1.24. The van der Waals surface area contributed by atoms with Crippen molar-refractivity contribution in [3.8, 4) is 17.2 Å². The summed E-state index contributed by atoms with van der Waals surface area (Å²) in [5, 5.41) is 9.11. The number of rotatable bonds is 5. The maximum atomic E-state index is 11.2. The monoisotopic (exact) mass is 368 g/mol. The van der Waals surface area contributed by atoms with Crippen LogP contribution in [-0.2, 0) is 4.79 Å². The number of para-hydroxylation sites is 3. The average Bonchev–Trinajstić information content (AvgIpc) is 3.10. The van der Waals surface area contributed by atoms with Crippen molar-refractivity contribution in [2.75, 3.05) is 12.4 Å². The fourth-order valence-electron chi connectivity index (χ4n) is 2.69. The molecule has 2 heterocycles. The van der Waals surface area contributed by atoms with Gasteiger partial charge in [-0.3, -0.25) is 9.36 Å². The van der Waals surface area contributed by atoms with E-state index in [0.717, 1.165) is 5.69 Å². The molecule has 1 atom stereocenters. The largest absolute Gasteiger partial charge is 0.485 e. The zero-order valence-corrected chi connectivity index (χ0v) is 14.6. The van der Waals surface area contributed by atoms with E-state index in [-0.39, 0.29) is 5.75 Å². The van der Waals surface area contributed by atoms with E-state index in [2.05, 4.69) is 10.2 Å². The van der Waals surface area contributed by atoms with Gasteiger partial charge in [-0.25, -0.2) is 0 Å². The van der Waals surface area contributed by atoms with Gasteiger partial charge >= 0.3 is 0 Å². The van der Waals surface area contributed by atoms with Crippen LogP contribution in [0, 0.1) is 0 Å². The number of ether oxygens (including phenoxy) is 2. The predicted octanol–water partition coefficient (Wildman–Crippen LogP) is 2.36. The molecule has 2 N–H and O–H groups in total. The molecule has 0 radical (unpaired) electrons. The highest BCUT2D eigenvalue weighted by molar-refractivity contribution is 7.99. The minimum Gasteiger partial charge on any atom is -0.485 e. The second kappa shape index (κ2) is 7.09. The minimum absolute atomic E-state index is 0.121. The lowest BCUT2D eigenvalue weighted by Gasteiger charge is -2.26. The smallest absolute Gasteiger partial charge is 0.227 e. The van der Waals surface area contributed by atoms with Crippen molar-refractivity contribution >= 4 is 17.7 Å². The molecule has 3 aromatic rings. The van der Waals surface area contributed by atoms with Gasteiger partial charge in [-0.2, -0.15) is 0 Å². The number of carbonyl (C=O) groups is 1. The molecule has 0 saturated heterocycles.